The average molecular weight is 422 g/mol. The third-order valence-electron chi connectivity index (χ3n) is 8.32. The molecular weight excluding hydrogens is 382 g/mol. The molecule has 4 aliphatic rings. The first-order chi connectivity index (χ1) is 14.4. The van der Waals surface area contributed by atoms with Crippen molar-refractivity contribution in [1.82, 2.24) is 14.7 Å². The molecule has 4 rings (SSSR count). The van der Waals surface area contributed by atoms with Gasteiger partial charge in [-0.15, -0.1) is 0 Å². The van der Waals surface area contributed by atoms with Gasteiger partial charge in [-0.1, -0.05) is 0 Å². The Morgan fingerprint density at radius 1 is 1.10 bits per heavy atom. The van der Waals surface area contributed by atoms with Gasteiger partial charge in [-0.25, -0.2) is 4.79 Å². The molecule has 2 aliphatic heterocycles. The summed E-state index contributed by atoms with van der Waals surface area (Å²) in [5, 5.41) is 0. The lowest BCUT2D eigenvalue weighted by atomic mass is 9.64. The Balaban J connectivity index is 1.24. The van der Waals surface area contributed by atoms with Crippen LogP contribution in [-0.4, -0.2) is 90.8 Å². The summed E-state index contributed by atoms with van der Waals surface area (Å²) in [6.45, 7) is 8.59. The van der Waals surface area contributed by atoms with E-state index in [4.69, 9.17) is 9.47 Å². The highest BCUT2D eigenvalue weighted by molar-refractivity contribution is 5.73. The Hall–Kier alpha value is -1.34. The molecule has 0 aromatic rings. The summed E-state index contributed by atoms with van der Waals surface area (Å²) in [6.07, 6.45) is 8.79. The van der Waals surface area contributed by atoms with Gasteiger partial charge in [-0.3, -0.25) is 4.79 Å². The smallest absolute Gasteiger partial charge is 0.409 e. The minimum absolute atomic E-state index is 0.101. The van der Waals surface area contributed by atoms with Gasteiger partial charge < -0.3 is 24.2 Å². The summed E-state index contributed by atoms with van der Waals surface area (Å²) in [7, 11) is 1.79. The highest BCUT2D eigenvalue weighted by Crippen LogP contribution is 2.50. The summed E-state index contributed by atoms with van der Waals surface area (Å²) < 4.78 is 11.0. The summed E-state index contributed by atoms with van der Waals surface area (Å²) in [6, 6.07) is 0.974. The fourth-order valence-electron chi connectivity index (χ4n) is 6.21. The van der Waals surface area contributed by atoms with Gasteiger partial charge in [0.15, 0.2) is 0 Å². The number of methoxy groups -OCH3 is 1. The molecule has 2 saturated carbocycles. The lowest BCUT2D eigenvalue weighted by Crippen LogP contribution is -2.58. The van der Waals surface area contributed by atoms with E-state index >= 15 is 0 Å². The maximum Gasteiger partial charge on any atom is 0.409 e. The number of rotatable bonds is 6. The fraction of sp³-hybridized carbons (Fsp3) is 0.913. The number of piperidine rings is 1. The predicted octanol–water partition coefficient (Wildman–Crippen LogP) is 2.88. The number of carbonyl (C=O) groups is 2. The molecule has 2 heterocycles. The van der Waals surface area contributed by atoms with E-state index in [1.54, 1.807) is 14.0 Å². The van der Waals surface area contributed by atoms with Gasteiger partial charge >= 0.3 is 6.09 Å². The van der Waals surface area contributed by atoms with E-state index in [1.165, 1.54) is 19.3 Å². The van der Waals surface area contributed by atoms with E-state index in [1.807, 2.05) is 11.8 Å². The van der Waals surface area contributed by atoms with Crippen molar-refractivity contribution in [1.29, 1.82) is 0 Å². The molecule has 30 heavy (non-hydrogen) atoms. The summed E-state index contributed by atoms with van der Waals surface area (Å²) in [5.41, 5.74) is 0.213. The van der Waals surface area contributed by atoms with E-state index in [0.717, 1.165) is 64.8 Å². The summed E-state index contributed by atoms with van der Waals surface area (Å²) in [5.74, 6) is 0.185. The van der Waals surface area contributed by atoms with Gasteiger partial charge in [-0.05, 0) is 63.7 Å². The minimum Gasteiger partial charge on any atom is -0.450 e. The van der Waals surface area contributed by atoms with Crippen LogP contribution in [0.15, 0.2) is 0 Å². The largest absolute Gasteiger partial charge is 0.450 e. The lowest BCUT2D eigenvalue weighted by molar-refractivity contribution is -0.145. The highest BCUT2D eigenvalue weighted by atomic mass is 16.6. The van der Waals surface area contributed by atoms with Crippen molar-refractivity contribution in [3.63, 3.8) is 0 Å². The molecule has 0 aromatic carbocycles. The Morgan fingerprint density at radius 2 is 1.80 bits per heavy atom. The van der Waals surface area contributed by atoms with Crippen LogP contribution in [0.5, 0.6) is 0 Å². The van der Waals surface area contributed by atoms with Gasteiger partial charge in [0.25, 0.3) is 0 Å². The normalized spacial score (nSPS) is 31.3. The molecule has 2 saturated heterocycles. The zero-order chi connectivity index (χ0) is 21.4. The number of likely N-dealkylation sites (tertiary alicyclic amines) is 2. The van der Waals surface area contributed by atoms with Crippen LogP contribution in [0, 0.1) is 5.41 Å². The Bertz CT molecular complexity index is 631. The number of nitrogens with zero attached hydrogens (tertiary/aromatic N) is 3. The van der Waals surface area contributed by atoms with Gasteiger partial charge in [0.05, 0.1) is 12.2 Å². The molecule has 1 spiro atoms. The van der Waals surface area contributed by atoms with Crippen molar-refractivity contribution in [2.24, 2.45) is 5.41 Å². The van der Waals surface area contributed by atoms with E-state index in [0.29, 0.717) is 24.1 Å². The first-order valence-corrected chi connectivity index (χ1v) is 11.9. The molecule has 2 amide bonds. The topological polar surface area (TPSA) is 62.3 Å². The van der Waals surface area contributed by atoms with Gasteiger partial charge in [0.2, 0.25) is 5.91 Å². The van der Waals surface area contributed by atoms with Crippen LogP contribution in [0.2, 0.25) is 0 Å². The standard InChI is InChI=1S/C23H39N3O4/c1-4-30-21(28)25-13-10-22(16-25)14-20(15-22)24-11-6-19(7-12-24)26(18(2)27)17-23(29-3)8-5-9-23/h19-20H,4-17H2,1-3H3. The quantitative estimate of drug-likeness (QED) is 0.660. The number of hydrogen-bond acceptors (Lipinski definition) is 5. The molecule has 7 heteroatoms. The van der Waals surface area contributed by atoms with Crippen LogP contribution in [0.4, 0.5) is 4.79 Å². The first kappa shape index (κ1) is 21.9. The second-order valence-electron chi connectivity index (χ2n) is 10.1. The second kappa shape index (κ2) is 8.65. The van der Waals surface area contributed by atoms with E-state index < -0.39 is 0 Å². The molecule has 0 N–H and O–H groups in total. The number of hydrogen-bond donors (Lipinski definition) is 0. The van der Waals surface area contributed by atoms with E-state index in [-0.39, 0.29) is 17.6 Å². The zero-order valence-electron chi connectivity index (χ0n) is 19.0. The van der Waals surface area contributed by atoms with Gasteiger partial charge in [0.1, 0.15) is 0 Å². The lowest BCUT2D eigenvalue weighted by Gasteiger charge is -2.53. The Morgan fingerprint density at radius 3 is 2.33 bits per heavy atom. The molecule has 0 radical (unpaired) electrons. The van der Waals surface area contributed by atoms with Crippen molar-refractivity contribution in [2.45, 2.75) is 82.9 Å². The molecule has 4 fully saturated rings. The third kappa shape index (κ3) is 4.20. The Labute approximate surface area is 181 Å². The van der Waals surface area contributed by atoms with Crippen molar-refractivity contribution < 1.29 is 19.1 Å². The number of carbonyl (C=O) groups excluding carboxylic acids is 2. The van der Waals surface area contributed by atoms with E-state index in [9.17, 15) is 9.59 Å². The van der Waals surface area contributed by atoms with Crippen LogP contribution < -0.4 is 0 Å². The maximum absolute atomic E-state index is 12.4. The monoisotopic (exact) mass is 421 g/mol. The molecule has 0 bridgehead atoms. The minimum atomic E-state index is -0.150. The zero-order valence-corrected chi connectivity index (χ0v) is 19.0. The number of amides is 2. The van der Waals surface area contributed by atoms with Crippen molar-refractivity contribution in [2.75, 3.05) is 46.4 Å². The van der Waals surface area contributed by atoms with Crippen molar-refractivity contribution >= 4 is 12.0 Å². The fourth-order valence-corrected chi connectivity index (χ4v) is 6.21. The van der Waals surface area contributed by atoms with Gasteiger partial charge in [-0.2, -0.15) is 0 Å². The molecule has 0 atom stereocenters. The van der Waals surface area contributed by atoms with Crippen LogP contribution in [0.25, 0.3) is 0 Å². The Kier molecular flexibility index (Phi) is 6.31. The maximum atomic E-state index is 12.4. The SMILES string of the molecule is CCOC(=O)N1CCC2(CC(N3CCC(N(CC4(OC)CCC4)C(C)=O)CC3)C2)C1. The summed E-state index contributed by atoms with van der Waals surface area (Å²) in [4.78, 5) is 31.0. The van der Waals surface area contributed by atoms with Crippen LogP contribution in [0.3, 0.4) is 0 Å². The van der Waals surface area contributed by atoms with E-state index in [2.05, 4.69) is 9.80 Å². The molecule has 2 aliphatic carbocycles. The molecular formula is C23H39N3O4. The van der Waals surface area contributed by atoms with Crippen molar-refractivity contribution in [3.05, 3.63) is 0 Å². The highest BCUT2D eigenvalue weighted by Gasteiger charge is 2.51. The molecule has 170 valence electrons. The molecule has 0 aromatic heterocycles. The van der Waals surface area contributed by atoms with Crippen LogP contribution in [-0.2, 0) is 14.3 Å². The summed E-state index contributed by atoms with van der Waals surface area (Å²) >= 11 is 0. The number of ether oxygens (including phenoxy) is 2. The van der Waals surface area contributed by atoms with Crippen molar-refractivity contribution in [3.8, 4) is 0 Å². The molecule has 0 unspecified atom stereocenters. The van der Waals surface area contributed by atoms with Gasteiger partial charge in [0, 0.05) is 58.8 Å². The molecule has 7 nitrogen and oxygen atoms in total. The van der Waals surface area contributed by atoms with Crippen LogP contribution >= 0.6 is 0 Å². The van der Waals surface area contributed by atoms with Crippen LogP contribution in [0.1, 0.15) is 65.2 Å². The second-order valence-corrected chi connectivity index (χ2v) is 10.1. The first-order valence-electron chi connectivity index (χ1n) is 11.9. The average Bonchev–Trinajstić information content (AvgIpc) is 3.13. The predicted molar refractivity (Wildman–Crippen MR) is 114 cm³/mol. The third-order valence-corrected chi connectivity index (χ3v) is 8.32.